The van der Waals surface area contributed by atoms with Crippen LogP contribution in [0.15, 0.2) is 65.1 Å². The van der Waals surface area contributed by atoms with E-state index < -0.39 is 0 Å². The zero-order chi connectivity index (χ0) is 20.1. The molecule has 0 radical (unpaired) electrons. The van der Waals surface area contributed by atoms with Crippen LogP contribution in [-0.2, 0) is 13.3 Å². The molecule has 29 heavy (non-hydrogen) atoms. The van der Waals surface area contributed by atoms with Gasteiger partial charge in [0, 0.05) is 6.42 Å². The van der Waals surface area contributed by atoms with Crippen molar-refractivity contribution in [3.8, 4) is 11.5 Å². The smallest absolute Gasteiger partial charge is 0.291 e. The highest BCUT2D eigenvalue weighted by Crippen LogP contribution is 2.19. The predicted molar refractivity (Wildman–Crippen MR) is 112 cm³/mol. The third kappa shape index (κ3) is 4.93. The standard InChI is InChI=1S/C22H23N3O3S/c1-26-19-7-9-20(10-8-19)27-15-21-23-25(22(29)28-21)16-24-13-11-18(12-14-24)17-5-3-2-4-6-17/h2-11H,12-16H2,1H3/p+1. The van der Waals surface area contributed by atoms with Crippen molar-refractivity contribution >= 4 is 17.8 Å². The average Bonchev–Trinajstić information content (AvgIpc) is 3.13. The molecule has 1 aromatic heterocycles. The first-order valence-corrected chi connectivity index (χ1v) is 10.0. The molecule has 1 N–H and O–H groups in total. The molecule has 0 saturated heterocycles. The fraction of sp³-hybridized carbons (Fsp3) is 0.273. The molecule has 0 saturated carbocycles. The van der Waals surface area contributed by atoms with E-state index in [4.69, 9.17) is 26.1 Å². The summed E-state index contributed by atoms with van der Waals surface area (Å²) in [6.45, 7) is 2.89. The molecule has 2 heterocycles. The number of nitrogens with one attached hydrogen (secondary N) is 1. The van der Waals surface area contributed by atoms with E-state index >= 15 is 0 Å². The maximum Gasteiger partial charge on any atom is 0.291 e. The normalized spacial score (nSPS) is 16.3. The first kappa shape index (κ1) is 19.4. The Morgan fingerprint density at radius 3 is 2.55 bits per heavy atom. The van der Waals surface area contributed by atoms with E-state index in [-0.39, 0.29) is 6.61 Å². The summed E-state index contributed by atoms with van der Waals surface area (Å²) in [7, 11) is 1.63. The van der Waals surface area contributed by atoms with Gasteiger partial charge < -0.3 is 18.8 Å². The molecule has 0 aliphatic carbocycles. The second-order valence-corrected chi connectivity index (χ2v) is 7.28. The van der Waals surface area contributed by atoms with Crippen molar-refractivity contribution in [1.29, 1.82) is 0 Å². The van der Waals surface area contributed by atoms with Crippen molar-refractivity contribution in [3.05, 3.63) is 77.0 Å². The lowest BCUT2D eigenvalue weighted by molar-refractivity contribution is -0.918. The molecular weight excluding hydrogens is 386 g/mol. The molecule has 1 unspecified atom stereocenters. The Morgan fingerprint density at radius 2 is 1.86 bits per heavy atom. The Hall–Kier alpha value is -2.90. The second kappa shape index (κ2) is 9.07. The van der Waals surface area contributed by atoms with Crippen LogP contribution in [0.1, 0.15) is 17.9 Å². The number of rotatable bonds is 7. The molecule has 7 heteroatoms. The van der Waals surface area contributed by atoms with Gasteiger partial charge >= 0.3 is 0 Å². The summed E-state index contributed by atoms with van der Waals surface area (Å²) in [5, 5.41) is 4.48. The highest BCUT2D eigenvalue weighted by atomic mass is 32.1. The van der Waals surface area contributed by atoms with Gasteiger partial charge in [0.2, 0.25) is 0 Å². The third-order valence-corrected chi connectivity index (χ3v) is 5.27. The number of ether oxygens (including phenoxy) is 2. The van der Waals surface area contributed by atoms with Crippen LogP contribution >= 0.6 is 12.2 Å². The molecule has 1 aliphatic rings. The largest absolute Gasteiger partial charge is 0.497 e. The lowest BCUT2D eigenvalue weighted by Gasteiger charge is -2.23. The van der Waals surface area contributed by atoms with Crippen molar-refractivity contribution in [2.24, 2.45) is 0 Å². The van der Waals surface area contributed by atoms with Gasteiger partial charge in [0.1, 0.15) is 11.5 Å². The maximum atomic E-state index is 5.73. The first-order valence-electron chi connectivity index (χ1n) is 9.63. The van der Waals surface area contributed by atoms with E-state index in [9.17, 15) is 0 Å². The third-order valence-electron chi connectivity index (χ3n) is 4.97. The van der Waals surface area contributed by atoms with Crippen molar-refractivity contribution in [1.82, 2.24) is 9.78 Å². The Kier molecular flexibility index (Phi) is 6.07. The Labute approximate surface area is 175 Å². The molecule has 1 atom stereocenters. The number of methoxy groups -OCH3 is 1. The average molecular weight is 411 g/mol. The van der Waals surface area contributed by atoms with Gasteiger partial charge in [-0.1, -0.05) is 30.3 Å². The molecule has 3 aromatic rings. The van der Waals surface area contributed by atoms with Crippen molar-refractivity contribution < 1.29 is 18.8 Å². The number of hydrogen-bond donors (Lipinski definition) is 1. The first-order chi connectivity index (χ1) is 14.2. The Bertz CT molecular complexity index is 1030. The SMILES string of the molecule is COc1ccc(OCc2nn(C[NH+]3CC=C(c4ccccc4)CC3)c(=S)o2)cc1. The van der Waals surface area contributed by atoms with Gasteiger partial charge in [0.05, 0.1) is 20.2 Å². The van der Waals surface area contributed by atoms with E-state index in [0.29, 0.717) is 17.4 Å². The molecule has 2 aromatic carbocycles. The predicted octanol–water partition coefficient (Wildman–Crippen LogP) is 3.12. The van der Waals surface area contributed by atoms with E-state index in [1.54, 1.807) is 11.8 Å². The summed E-state index contributed by atoms with van der Waals surface area (Å²) in [6, 6.07) is 17.9. The number of nitrogens with zero attached hydrogens (tertiary/aromatic N) is 2. The maximum absolute atomic E-state index is 5.73. The highest BCUT2D eigenvalue weighted by Gasteiger charge is 2.18. The van der Waals surface area contributed by atoms with E-state index in [2.05, 4.69) is 35.4 Å². The van der Waals surface area contributed by atoms with E-state index in [1.807, 2.05) is 30.3 Å². The number of quaternary nitrogens is 1. The minimum Gasteiger partial charge on any atom is -0.497 e. The van der Waals surface area contributed by atoms with Gasteiger partial charge in [-0.2, -0.15) is 4.68 Å². The molecule has 0 fully saturated rings. The van der Waals surface area contributed by atoms with Crippen LogP contribution in [0.5, 0.6) is 11.5 Å². The van der Waals surface area contributed by atoms with Gasteiger partial charge in [0.25, 0.3) is 10.7 Å². The zero-order valence-electron chi connectivity index (χ0n) is 16.3. The molecule has 0 spiro atoms. The fourth-order valence-corrected chi connectivity index (χ4v) is 3.58. The lowest BCUT2D eigenvalue weighted by atomic mass is 10.00. The fourth-order valence-electron chi connectivity index (χ4n) is 3.38. The van der Waals surface area contributed by atoms with Gasteiger partial charge in [-0.15, -0.1) is 5.10 Å². The summed E-state index contributed by atoms with van der Waals surface area (Å²) in [6.07, 6.45) is 3.35. The van der Waals surface area contributed by atoms with Gasteiger partial charge in [-0.05, 0) is 53.7 Å². The molecule has 0 bridgehead atoms. The highest BCUT2D eigenvalue weighted by molar-refractivity contribution is 7.71. The van der Waals surface area contributed by atoms with Crippen LogP contribution < -0.4 is 14.4 Å². The molecule has 150 valence electrons. The summed E-state index contributed by atoms with van der Waals surface area (Å²) >= 11 is 5.34. The van der Waals surface area contributed by atoms with Crippen LogP contribution in [0.4, 0.5) is 0 Å². The van der Waals surface area contributed by atoms with Gasteiger partial charge in [-0.3, -0.25) is 0 Å². The van der Waals surface area contributed by atoms with E-state index in [0.717, 1.165) is 31.0 Å². The molecule has 0 amide bonds. The summed E-state index contributed by atoms with van der Waals surface area (Å²) in [4.78, 5) is 1.78. The summed E-state index contributed by atoms with van der Waals surface area (Å²) in [5.41, 5.74) is 2.72. The summed E-state index contributed by atoms with van der Waals surface area (Å²) < 4.78 is 18.2. The van der Waals surface area contributed by atoms with E-state index in [1.165, 1.54) is 16.0 Å². The van der Waals surface area contributed by atoms with Gasteiger partial charge in [0.15, 0.2) is 13.3 Å². The quantitative estimate of drug-likeness (QED) is 0.607. The minimum absolute atomic E-state index is 0.233. The summed E-state index contributed by atoms with van der Waals surface area (Å²) in [5.74, 6) is 1.98. The van der Waals surface area contributed by atoms with Gasteiger partial charge in [-0.25, -0.2) is 0 Å². The topological polar surface area (TPSA) is 53.9 Å². The molecule has 6 nitrogen and oxygen atoms in total. The zero-order valence-corrected chi connectivity index (χ0v) is 17.2. The van der Waals surface area contributed by atoms with Crippen LogP contribution in [0.2, 0.25) is 0 Å². The minimum atomic E-state index is 0.233. The Morgan fingerprint density at radius 1 is 1.10 bits per heavy atom. The molecule has 1 aliphatic heterocycles. The molecular formula is C22H24N3O3S+. The van der Waals surface area contributed by atoms with Crippen molar-refractivity contribution in [2.75, 3.05) is 20.2 Å². The van der Waals surface area contributed by atoms with Crippen LogP contribution in [-0.4, -0.2) is 30.0 Å². The number of benzene rings is 2. The second-order valence-electron chi connectivity index (χ2n) is 6.93. The number of hydrogen-bond acceptors (Lipinski definition) is 5. The van der Waals surface area contributed by atoms with Crippen LogP contribution in [0, 0.1) is 4.84 Å². The lowest BCUT2D eigenvalue weighted by Crippen LogP contribution is -3.11. The van der Waals surface area contributed by atoms with Crippen LogP contribution in [0.25, 0.3) is 5.57 Å². The number of aromatic nitrogens is 2. The molecule has 4 rings (SSSR count). The van der Waals surface area contributed by atoms with Crippen molar-refractivity contribution in [3.63, 3.8) is 0 Å². The Balaban J connectivity index is 1.34. The van der Waals surface area contributed by atoms with Crippen LogP contribution in [0.3, 0.4) is 0 Å². The van der Waals surface area contributed by atoms with Crippen molar-refractivity contribution in [2.45, 2.75) is 19.7 Å². The monoisotopic (exact) mass is 410 g/mol.